The lowest BCUT2D eigenvalue weighted by Gasteiger charge is -2.26. The van der Waals surface area contributed by atoms with Crippen molar-refractivity contribution in [2.75, 3.05) is 25.1 Å². The Kier molecular flexibility index (Phi) is 7.38. The van der Waals surface area contributed by atoms with Crippen molar-refractivity contribution in [2.45, 2.75) is 33.4 Å². The highest BCUT2D eigenvalue weighted by atomic mass is 16.5. The number of aliphatic hydroxyl groups is 1. The number of aliphatic hydroxyl groups excluding tert-OH is 1. The SMILES string of the molecule is CCN(CC)c1ccc(C2/C(=C(/O)c3ccc(OC)c(C)c3)C(=O)C(=O)N2Cc2cccnc2)cc1. The molecule has 1 atom stereocenters. The molecule has 0 aliphatic carbocycles. The number of hydrogen-bond acceptors (Lipinski definition) is 6. The van der Waals surface area contributed by atoms with Crippen LogP contribution in [-0.4, -0.2) is 46.9 Å². The van der Waals surface area contributed by atoms with Crippen molar-refractivity contribution in [3.8, 4) is 5.75 Å². The quantitative estimate of drug-likeness (QED) is 0.279. The number of pyridine rings is 1. The van der Waals surface area contributed by atoms with E-state index < -0.39 is 17.7 Å². The molecule has 7 heteroatoms. The first-order valence-electron chi connectivity index (χ1n) is 12.1. The lowest BCUT2D eigenvalue weighted by Crippen LogP contribution is -2.29. The Morgan fingerprint density at radius 1 is 1.08 bits per heavy atom. The number of ether oxygens (including phenoxy) is 1. The number of hydrogen-bond donors (Lipinski definition) is 1. The predicted molar refractivity (Wildman–Crippen MR) is 140 cm³/mol. The van der Waals surface area contributed by atoms with Crippen molar-refractivity contribution >= 4 is 23.1 Å². The molecule has 0 bridgehead atoms. The van der Waals surface area contributed by atoms with Gasteiger partial charge >= 0.3 is 0 Å². The van der Waals surface area contributed by atoms with Gasteiger partial charge in [0.1, 0.15) is 11.5 Å². The molecule has 2 aromatic carbocycles. The Morgan fingerprint density at radius 3 is 2.39 bits per heavy atom. The van der Waals surface area contributed by atoms with E-state index >= 15 is 0 Å². The number of amides is 1. The maximum atomic E-state index is 13.3. The molecule has 1 aromatic heterocycles. The highest BCUT2D eigenvalue weighted by molar-refractivity contribution is 6.46. The average molecular weight is 486 g/mol. The predicted octanol–water partition coefficient (Wildman–Crippen LogP) is 4.87. The molecular weight excluding hydrogens is 454 g/mol. The number of nitrogens with zero attached hydrogens (tertiary/aromatic N) is 3. The number of ketones is 1. The van der Waals surface area contributed by atoms with Crippen LogP contribution in [0.4, 0.5) is 5.69 Å². The number of methoxy groups -OCH3 is 1. The number of aromatic nitrogens is 1. The van der Waals surface area contributed by atoms with Crippen molar-refractivity contribution in [2.24, 2.45) is 0 Å². The maximum absolute atomic E-state index is 13.3. The van der Waals surface area contributed by atoms with Gasteiger partial charge in [-0.25, -0.2) is 0 Å². The summed E-state index contributed by atoms with van der Waals surface area (Å²) in [5, 5.41) is 11.3. The van der Waals surface area contributed by atoms with E-state index in [2.05, 4.69) is 23.7 Å². The van der Waals surface area contributed by atoms with Crippen LogP contribution in [0, 0.1) is 6.92 Å². The number of benzene rings is 2. The van der Waals surface area contributed by atoms with E-state index in [0.29, 0.717) is 11.3 Å². The van der Waals surface area contributed by atoms with Crippen molar-refractivity contribution < 1.29 is 19.4 Å². The number of likely N-dealkylation sites (tertiary alicyclic amines) is 1. The van der Waals surface area contributed by atoms with Gasteiger partial charge in [0.2, 0.25) is 0 Å². The molecule has 1 aliphatic rings. The fourth-order valence-electron chi connectivity index (χ4n) is 4.72. The first-order chi connectivity index (χ1) is 17.4. The molecule has 4 rings (SSSR count). The maximum Gasteiger partial charge on any atom is 0.295 e. The highest BCUT2D eigenvalue weighted by Gasteiger charge is 2.46. The fraction of sp³-hybridized carbons (Fsp3) is 0.276. The third-order valence-corrected chi connectivity index (χ3v) is 6.62. The van der Waals surface area contributed by atoms with E-state index in [0.717, 1.165) is 35.5 Å². The first-order valence-corrected chi connectivity index (χ1v) is 12.1. The molecule has 0 saturated carbocycles. The van der Waals surface area contributed by atoms with Crippen LogP contribution in [0.5, 0.6) is 5.75 Å². The highest BCUT2D eigenvalue weighted by Crippen LogP contribution is 2.41. The molecule has 0 radical (unpaired) electrons. The first kappa shape index (κ1) is 25.0. The van der Waals surface area contributed by atoms with Crippen LogP contribution < -0.4 is 9.64 Å². The monoisotopic (exact) mass is 485 g/mol. The lowest BCUT2D eigenvalue weighted by atomic mass is 9.94. The van der Waals surface area contributed by atoms with E-state index in [9.17, 15) is 14.7 Å². The van der Waals surface area contributed by atoms with Gasteiger partial charge in [0, 0.05) is 43.3 Å². The van der Waals surface area contributed by atoms with Gasteiger partial charge in [-0.05, 0) is 73.9 Å². The van der Waals surface area contributed by atoms with Gasteiger partial charge in [-0.2, -0.15) is 0 Å². The van der Waals surface area contributed by atoms with Crippen LogP contribution in [-0.2, 0) is 16.1 Å². The van der Waals surface area contributed by atoms with E-state index in [4.69, 9.17) is 4.74 Å². The van der Waals surface area contributed by atoms with E-state index in [1.54, 1.807) is 43.8 Å². The molecule has 1 N–H and O–H groups in total. The van der Waals surface area contributed by atoms with Crippen LogP contribution in [0.15, 0.2) is 72.6 Å². The minimum atomic E-state index is -0.738. The van der Waals surface area contributed by atoms with Crippen LogP contribution in [0.25, 0.3) is 5.76 Å². The molecule has 1 aliphatic heterocycles. The Bertz CT molecular complexity index is 1280. The van der Waals surface area contributed by atoms with Crippen LogP contribution in [0.1, 0.15) is 42.1 Å². The van der Waals surface area contributed by atoms with E-state index in [-0.39, 0.29) is 17.9 Å². The zero-order valence-corrected chi connectivity index (χ0v) is 21.1. The normalized spacial score (nSPS) is 16.9. The molecular formula is C29H31N3O4. The molecule has 186 valence electrons. The molecule has 1 saturated heterocycles. The minimum absolute atomic E-state index is 0.0732. The summed E-state index contributed by atoms with van der Waals surface area (Å²) in [6.07, 6.45) is 3.33. The Hall–Kier alpha value is -4.13. The molecule has 3 aromatic rings. The summed E-state index contributed by atoms with van der Waals surface area (Å²) in [5.74, 6) is -0.885. The van der Waals surface area contributed by atoms with Gasteiger partial charge < -0.3 is 19.6 Å². The number of aryl methyl sites for hydroxylation is 1. The van der Waals surface area contributed by atoms with Crippen molar-refractivity contribution in [3.63, 3.8) is 0 Å². The van der Waals surface area contributed by atoms with Gasteiger partial charge in [0.05, 0.1) is 18.7 Å². The van der Waals surface area contributed by atoms with E-state index in [1.807, 2.05) is 37.3 Å². The van der Waals surface area contributed by atoms with Crippen LogP contribution in [0.2, 0.25) is 0 Å². The minimum Gasteiger partial charge on any atom is -0.507 e. The molecule has 0 spiro atoms. The molecule has 2 heterocycles. The number of anilines is 1. The molecule has 1 amide bonds. The Morgan fingerprint density at radius 2 is 1.81 bits per heavy atom. The summed E-state index contributed by atoms with van der Waals surface area (Å²) in [7, 11) is 1.58. The van der Waals surface area contributed by atoms with Gasteiger partial charge in [-0.1, -0.05) is 18.2 Å². The van der Waals surface area contributed by atoms with Crippen molar-refractivity contribution in [1.29, 1.82) is 0 Å². The van der Waals surface area contributed by atoms with Crippen LogP contribution >= 0.6 is 0 Å². The summed E-state index contributed by atoms with van der Waals surface area (Å²) in [4.78, 5) is 34.5. The van der Waals surface area contributed by atoms with Crippen molar-refractivity contribution in [1.82, 2.24) is 9.88 Å². The number of Topliss-reactive ketones (excluding diaryl/α,β-unsaturated/α-hetero) is 1. The lowest BCUT2D eigenvalue weighted by molar-refractivity contribution is -0.140. The molecule has 7 nitrogen and oxygen atoms in total. The summed E-state index contributed by atoms with van der Waals surface area (Å²) >= 11 is 0. The van der Waals surface area contributed by atoms with Gasteiger partial charge in [-0.15, -0.1) is 0 Å². The van der Waals surface area contributed by atoms with Gasteiger partial charge in [-0.3, -0.25) is 14.6 Å². The molecule has 1 unspecified atom stereocenters. The second kappa shape index (κ2) is 10.6. The zero-order chi connectivity index (χ0) is 25.8. The topological polar surface area (TPSA) is 83.0 Å². The largest absolute Gasteiger partial charge is 0.507 e. The van der Waals surface area contributed by atoms with Gasteiger partial charge in [0.25, 0.3) is 11.7 Å². The summed E-state index contributed by atoms with van der Waals surface area (Å²) in [5.41, 5.74) is 3.94. The second-order valence-electron chi connectivity index (χ2n) is 8.74. The van der Waals surface area contributed by atoms with Crippen LogP contribution in [0.3, 0.4) is 0 Å². The summed E-state index contributed by atoms with van der Waals surface area (Å²) in [6.45, 7) is 7.98. The molecule has 1 fully saturated rings. The van der Waals surface area contributed by atoms with Gasteiger partial charge in [0.15, 0.2) is 0 Å². The summed E-state index contributed by atoms with van der Waals surface area (Å²) < 4.78 is 5.33. The second-order valence-corrected chi connectivity index (χ2v) is 8.74. The molecule has 36 heavy (non-hydrogen) atoms. The third-order valence-electron chi connectivity index (χ3n) is 6.62. The third kappa shape index (κ3) is 4.69. The fourth-order valence-corrected chi connectivity index (χ4v) is 4.72. The number of rotatable bonds is 8. The smallest absolute Gasteiger partial charge is 0.295 e. The number of carbonyl (C=O) groups excluding carboxylic acids is 2. The van der Waals surface area contributed by atoms with Crippen molar-refractivity contribution in [3.05, 3.63) is 94.8 Å². The van der Waals surface area contributed by atoms with E-state index in [1.165, 1.54) is 4.90 Å². The standard InChI is InChI=1S/C29H31N3O4/c1-5-31(6-2)23-12-9-21(10-13-23)26-25(27(33)22-11-14-24(36-4)19(3)16-22)28(34)29(35)32(26)18-20-8-7-15-30-17-20/h7-17,26,33H,5-6,18H2,1-4H3/b27-25-. The Labute approximate surface area is 211 Å². The zero-order valence-electron chi connectivity index (χ0n) is 21.1. The summed E-state index contributed by atoms with van der Waals surface area (Å²) in [6, 6.07) is 15.9. The number of carbonyl (C=O) groups is 2. The Balaban J connectivity index is 1.84. The average Bonchev–Trinajstić information content (AvgIpc) is 3.15.